The molecular formula is C16H17ClN2O. The lowest BCUT2D eigenvalue weighted by Crippen LogP contribution is -2.12. The predicted molar refractivity (Wildman–Crippen MR) is 83.2 cm³/mol. The summed E-state index contributed by atoms with van der Waals surface area (Å²) in [6.45, 7) is 6.04. The van der Waals surface area contributed by atoms with Gasteiger partial charge >= 0.3 is 0 Å². The van der Waals surface area contributed by atoms with E-state index >= 15 is 0 Å². The van der Waals surface area contributed by atoms with Crippen LogP contribution in [0.4, 0.5) is 0 Å². The van der Waals surface area contributed by atoms with Crippen molar-refractivity contribution in [3.05, 3.63) is 57.6 Å². The number of rotatable bonds is 3. The number of nitrogens with two attached hydrogens (primary N) is 1. The summed E-state index contributed by atoms with van der Waals surface area (Å²) in [6, 6.07) is 9.18. The first-order chi connectivity index (χ1) is 9.40. The molecule has 0 amide bonds. The molecule has 3 N–H and O–H groups in total. The Morgan fingerprint density at radius 3 is 2.40 bits per heavy atom. The molecule has 104 valence electrons. The zero-order valence-corrected chi connectivity index (χ0v) is 12.5. The predicted octanol–water partition coefficient (Wildman–Crippen LogP) is 4.34. The molecule has 20 heavy (non-hydrogen) atoms. The minimum atomic E-state index is -0.0644. The van der Waals surface area contributed by atoms with Gasteiger partial charge in [0.05, 0.1) is 5.56 Å². The summed E-state index contributed by atoms with van der Waals surface area (Å²) < 4.78 is 5.99. The van der Waals surface area contributed by atoms with Crippen molar-refractivity contribution in [2.45, 2.75) is 20.8 Å². The third-order valence-electron chi connectivity index (χ3n) is 3.32. The van der Waals surface area contributed by atoms with Crippen LogP contribution in [0, 0.1) is 26.2 Å². The van der Waals surface area contributed by atoms with E-state index < -0.39 is 0 Å². The second-order valence-electron chi connectivity index (χ2n) is 4.81. The Kier molecular flexibility index (Phi) is 4.00. The van der Waals surface area contributed by atoms with E-state index in [0.717, 1.165) is 22.4 Å². The fourth-order valence-electron chi connectivity index (χ4n) is 1.99. The molecule has 0 atom stereocenters. The highest BCUT2D eigenvalue weighted by Gasteiger charge is 2.12. The minimum Gasteiger partial charge on any atom is -0.456 e. The molecule has 2 aromatic rings. The molecule has 2 rings (SSSR count). The van der Waals surface area contributed by atoms with Gasteiger partial charge in [-0.15, -0.1) is 0 Å². The summed E-state index contributed by atoms with van der Waals surface area (Å²) in [5.74, 6) is 1.28. The topological polar surface area (TPSA) is 59.1 Å². The third kappa shape index (κ3) is 2.78. The molecule has 2 aromatic carbocycles. The van der Waals surface area contributed by atoms with Gasteiger partial charge in [-0.05, 0) is 55.7 Å². The Labute approximate surface area is 123 Å². The number of nitrogens with one attached hydrogen (secondary N) is 1. The van der Waals surface area contributed by atoms with Gasteiger partial charge in [-0.1, -0.05) is 23.7 Å². The molecule has 0 heterocycles. The quantitative estimate of drug-likeness (QED) is 0.652. The standard InChI is InChI=1S/C16H17ClN2O/c1-9-4-5-10(2)15(11(9)3)20-14-7-6-12(17)8-13(14)16(18)19/h4-8H,1-3H3,(H3,18,19). The fraction of sp³-hybridized carbons (Fsp3) is 0.188. The van der Waals surface area contributed by atoms with E-state index in [1.54, 1.807) is 18.2 Å². The van der Waals surface area contributed by atoms with Gasteiger partial charge in [-0.25, -0.2) is 0 Å². The molecule has 0 radical (unpaired) electrons. The van der Waals surface area contributed by atoms with Crippen LogP contribution in [-0.2, 0) is 0 Å². The number of benzene rings is 2. The van der Waals surface area contributed by atoms with Crippen molar-refractivity contribution in [2.75, 3.05) is 0 Å². The van der Waals surface area contributed by atoms with Crippen LogP contribution in [0.25, 0.3) is 0 Å². The highest BCUT2D eigenvalue weighted by molar-refractivity contribution is 6.31. The summed E-state index contributed by atoms with van der Waals surface area (Å²) in [4.78, 5) is 0. The van der Waals surface area contributed by atoms with Gasteiger partial charge in [-0.3, -0.25) is 5.41 Å². The number of amidine groups is 1. The van der Waals surface area contributed by atoms with Crippen molar-refractivity contribution in [3.63, 3.8) is 0 Å². The molecule has 4 heteroatoms. The molecule has 3 nitrogen and oxygen atoms in total. The van der Waals surface area contributed by atoms with Gasteiger partial charge < -0.3 is 10.5 Å². The molecule has 0 bridgehead atoms. The van der Waals surface area contributed by atoms with Crippen molar-refractivity contribution in [1.29, 1.82) is 5.41 Å². The monoisotopic (exact) mass is 288 g/mol. The van der Waals surface area contributed by atoms with Crippen molar-refractivity contribution in [1.82, 2.24) is 0 Å². The summed E-state index contributed by atoms with van der Waals surface area (Å²) in [5.41, 5.74) is 9.36. The summed E-state index contributed by atoms with van der Waals surface area (Å²) in [7, 11) is 0. The van der Waals surface area contributed by atoms with Crippen LogP contribution in [0.5, 0.6) is 11.5 Å². The molecule has 0 aliphatic rings. The number of ether oxygens (including phenoxy) is 1. The molecule has 0 saturated carbocycles. The largest absolute Gasteiger partial charge is 0.456 e. The smallest absolute Gasteiger partial charge is 0.138 e. The fourth-order valence-corrected chi connectivity index (χ4v) is 2.17. The zero-order valence-electron chi connectivity index (χ0n) is 11.8. The average molecular weight is 289 g/mol. The molecule has 0 unspecified atom stereocenters. The van der Waals surface area contributed by atoms with E-state index in [9.17, 15) is 0 Å². The van der Waals surface area contributed by atoms with Crippen LogP contribution in [0.15, 0.2) is 30.3 Å². The number of hydrogen-bond donors (Lipinski definition) is 2. The third-order valence-corrected chi connectivity index (χ3v) is 3.55. The molecule has 0 saturated heterocycles. The number of nitrogen functional groups attached to an aromatic ring is 1. The molecule has 0 aliphatic heterocycles. The van der Waals surface area contributed by atoms with E-state index in [1.807, 2.05) is 26.8 Å². The van der Waals surface area contributed by atoms with Gasteiger partial charge in [0.1, 0.15) is 17.3 Å². The lowest BCUT2D eigenvalue weighted by Gasteiger charge is -2.16. The lowest BCUT2D eigenvalue weighted by atomic mass is 10.1. The number of hydrogen-bond acceptors (Lipinski definition) is 2. The minimum absolute atomic E-state index is 0.0644. The van der Waals surface area contributed by atoms with Gasteiger partial charge in [-0.2, -0.15) is 0 Å². The normalized spacial score (nSPS) is 10.4. The Morgan fingerprint density at radius 2 is 1.75 bits per heavy atom. The van der Waals surface area contributed by atoms with Gasteiger partial charge in [0.25, 0.3) is 0 Å². The first-order valence-corrected chi connectivity index (χ1v) is 6.66. The van der Waals surface area contributed by atoms with E-state index in [0.29, 0.717) is 16.3 Å². The molecule has 0 spiro atoms. The number of aryl methyl sites for hydroxylation is 2. The number of halogens is 1. The van der Waals surface area contributed by atoms with Crippen molar-refractivity contribution < 1.29 is 4.74 Å². The van der Waals surface area contributed by atoms with E-state index in [-0.39, 0.29) is 5.84 Å². The van der Waals surface area contributed by atoms with Crippen LogP contribution in [0.2, 0.25) is 5.02 Å². The van der Waals surface area contributed by atoms with Crippen LogP contribution < -0.4 is 10.5 Å². The summed E-state index contributed by atoms with van der Waals surface area (Å²) in [6.07, 6.45) is 0. The zero-order chi connectivity index (χ0) is 14.9. The maximum absolute atomic E-state index is 7.63. The lowest BCUT2D eigenvalue weighted by molar-refractivity contribution is 0.473. The Bertz CT molecular complexity index is 680. The Balaban J connectivity index is 2.51. The Hall–Kier alpha value is -2.00. The van der Waals surface area contributed by atoms with E-state index in [4.69, 9.17) is 27.5 Å². The molecule has 0 aliphatic carbocycles. The van der Waals surface area contributed by atoms with Crippen molar-refractivity contribution in [3.8, 4) is 11.5 Å². The van der Waals surface area contributed by atoms with Gasteiger partial charge in [0.2, 0.25) is 0 Å². The molecular weight excluding hydrogens is 272 g/mol. The van der Waals surface area contributed by atoms with Gasteiger partial charge in [0, 0.05) is 5.02 Å². The van der Waals surface area contributed by atoms with Crippen LogP contribution >= 0.6 is 11.6 Å². The maximum Gasteiger partial charge on any atom is 0.138 e. The first kappa shape index (κ1) is 14.4. The highest BCUT2D eigenvalue weighted by Crippen LogP contribution is 2.33. The molecule has 0 aromatic heterocycles. The second kappa shape index (κ2) is 5.55. The van der Waals surface area contributed by atoms with Crippen LogP contribution in [0.1, 0.15) is 22.3 Å². The average Bonchev–Trinajstić information content (AvgIpc) is 2.40. The van der Waals surface area contributed by atoms with E-state index in [2.05, 4.69) is 6.07 Å². The van der Waals surface area contributed by atoms with Crippen molar-refractivity contribution in [2.24, 2.45) is 5.73 Å². The maximum atomic E-state index is 7.63. The SMILES string of the molecule is Cc1ccc(C)c(Oc2ccc(Cl)cc2C(=N)N)c1C. The Morgan fingerprint density at radius 1 is 1.10 bits per heavy atom. The molecule has 0 fully saturated rings. The van der Waals surface area contributed by atoms with Crippen LogP contribution in [-0.4, -0.2) is 5.84 Å². The van der Waals surface area contributed by atoms with Crippen molar-refractivity contribution >= 4 is 17.4 Å². The second-order valence-corrected chi connectivity index (χ2v) is 5.25. The summed E-state index contributed by atoms with van der Waals surface area (Å²) >= 11 is 5.94. The van der Waals surface area contributed by atoms with Gasteiger partial charge in [0.15, 0.2) is 0 Å². The van der Waals surface area contributed by atoms with E-state index in [1.165, 1.54) is 0 Å². The van der Waals surface area contributed by atoms with Crippen LogP contribution in [0.3, 0.4) is 0 Å². The first-order valence-electron chi connectivity index (χ1n) is 6.28. The summed E-state index contributed by atoms with van der Waals surface area (Å²) in [5, 5.41) is 8.16. The highest BCUT2D eigenvalue weighted by atomic mass is 35.5.